The van der Waals surface area contributed by atoms with Crippen LogP contribution in [0.15, 0.2) is 35.4 Å². The highest BCUT2D eigenvalue weighted by atomic mass is 35.5. The Balaban J connectivity index is 1.67. The summed E-state index contributed by atoms with van der Waals surface area (Å²) < 4.78 is 34.0. The van der Waals surface area contributed by atoms with E-state index >= 15 is 0 Å². The van der Waals surface area contributed by atoms with Crippen LogP contribution in [0.4, 0.5) is 19.4 Å². The van der Waals surface area contributed by atoms with Gasteiger partial charge in [-0.05, 0) is 39.7 Å². The molecule has 0 aliphatic carbocycles. The van der Waals surface area contributed by atoms with Gasteiger partial charge in [0.25, 0.3) is 5.56 Å². The maximum atomic E-state index is 13.9. The Kier molecular flexibility index (Phi) is 7.70. The lowest BCUT2D eigenvalue weighted by Crippen LogP contribution is -2.59. The van der Waals surface area contributed by atoms with E-state index in [1.165, 1.54) is 15.5 Å². The smallest absolute Gasteiger partial charge is 0.326 e. The van der Waals surface area contributed by atoms with Crippen molar-refractivity contribution in [2.24, 2.45) is 0 Å². The Morgan fingerprint density at radius 1 is 1.11 bits per heavy atom. The molecule has 1 fully saturated rings. The molecule has 1 saturated heterocycles. The van der Waals surface area contributed by atoms with Crippen LogP contribution in [0.1, 0.15) is 37.2 Å². The molecule has 3 aromatic rings. The van der Waals surface area contributed by atoms with Crippen LogP contribution in [-0.4, -0.2) is 55.8 Å². The highest BCUT2D eigenvalue weighted by molar-refractivity contribution is 6.31. The molecule has 1 N–H and O–H groups in total. The summed E-state index contributed by atoms with van der Waals surface area (Å²) in [6.45, 7) is 7.43. The van der Waals surface area contributed by atoms with Gasteiger partial charge in [-0.2, -0.15) is 0 Å². The average molecular weight is 548 g/mol. The van der Waals surface area contributed by atoms with Crippen molar-refractivity contribution < 1.29 is 23.4 Å². The molecule has 12 heteroatoms. The second kappa shape index (κ2) is 10.7. The minimum absolute atomic E-state index is 0.0240. The molecule has 3 aromatic heterocycles. The van der Waals surface area contributed by atoms with Gasteiger partial charge in [0, 0.05) is 43.2 Å². The quantitative estimate of drug-likeness (QED) is 0.477. The van der Waals surface area contributed by atoms with Crippen molar-refractivity contribution in [1.29, 1.82) is 0 Å². The topological polar surface area (TPSA) is 101 Å². The maximum Gasteiger partial charge on any atom is 0.326 e. The molecule has 1 aliphatic rings. The number of aliphatic hydroxyl groups excluding tert-OH is 1. The summed E-state index contributed by atoms with van der Waals surface area (Å²) in [6, 6.07) is 3.58. The number of amides is 2. The van der Waals surface area contributed by atoms with Crippen LogP contribution in [-0.2, 0) is 6.61 Å². The van der Waals surface area contributed by atoms with Crippen LogP contribution >= 0.6 is 11.6 Å². The Morgan fingerprint density at radius 2 is 1.84 bits per heavy atom. The van der Waals surface area contributed by atoms with Crippen molar-refractivity contribution in [3.8, 4) is 11.4 Å². The van der Waals surface area contributed by atoms with Crippen molar-refractivity contribution in [3.63, 3.8) is 0 Å². The minimum Gasteiger partial charge on any atom is -0.485 e. The van der Waals surface area contributed by atoms with Gasteiger partial charge in [0.1, 0.15) is 34.7 Å². The number of aryl methyl sites for hydroxylation is 2. The standard InChI is InChI=1S/C26H28ClF2N5O4/c1-15-11-31-22(32-6-5-7-33(25(32)37)26(3,4)14-35)10-20(15)34-16(2)8-21(23(27)24(34)36)38-13-19-18(29)9-17(28)12-30-19/h8-12,35H,5-7,13-14H2,1-4H3. The molecule has 4 heterocycles. The fraction of sp³-hybridized carbons (Fsp3) is 0.385. The zero-order valence-corrected chi connectivity index (χ0v) is 22.2. The molecule has 9 nitrogen and oxygen atoms in total. The molecule has 1 aliphatic heterocycles. The number of carbonyl (C=O) groups excluding carboxylic acids is 1. The van der Waals surface area contributed by atoms with Crippen molar-refractivity contribution >= 4 is 23.4 Å². The summed E-state index contributed by atoms with van der Waals surface area (Å²) in [5.41, 5.74) is 0.148. The van der Waals surface area contributed by atoms with Gasteiger partial charge in [-0.25, -0.2) is 18.6 Å². The molecule has 4 rings (SSSR count). The second-order valence-electron chi connectivity index (χ2n) is 9.71. The predicted molar refractivity (Wildman–Crippen MR) is 138 cm³/mol. The number of aliphatic hydroxyl groups is 1. The first-order valence-electron chi connectivity index (χ1n) is 12.0. The Bertz CT molecular complexity index is 1450. The summed E-state index contributed by atoms with van der Waals surface area (Å²) >= 11 is 6.36. The van der Waals surface area contributed by atoms with Crippen LogP contribution in [0.5, 0.6) is 5.75 Å². The average Bonchev–Trinajstić information content (AvgIpc) is 2.87. The van der Waals surface area contributed by atoms with Gasteiger partial charge < -0.3 is 14.7 Å². The zero-order chi connectivity index (χ0) is 27.8. The van der Waals surface area contributed by atoms with Gasteiger partial charge in [-0.3, -0.25) is 19.2 Å². The number of ether oxygens (including phenoxy) is 1. The van der Waals surface area contributed by atoms with E-state index in [9.17, 15) is 23.5 Å². The number of nitrogens with zero attached hydrogens (tertiary/aromatic N) is 5. The normalized spacial score (nSPS) is 14.3. The fourth-order valence-electron chi connectivity index (χ4n) is 4.26. The van der Waals surface area contributed by atoms with E-state index in [1.54, 1.807) is 44.9 Å². The molecular weight excluding hydrogens is 520 g/mol. The minimum atomic E-state index is -0.876. The molecule has 0 saturated carbocycles. The molecule has 202 valence electrons. The molecule has 0 atom stereocenters. The number of pyridine rings is 3. The largest absolute Gasteiger partial charge is 0.485 e. The summed E-state index contributed by atoms with van der Waals surface area (Å²) in [5, 5.41) is 9.53. The highest BCUT2D eigenvalue weighted by Gasteiger charge is 2.37. The van der Waals surface area contributed by atoms with Crippen LogP contribution in [0, 0.1) is 25.5 Å². The first-order chi connectivity index (χ1) is 17.9. The molecule has 38 heavy (non-hydrogen) atoms. The second-order valence-corrected chi connectivity index (χ2v) is 10.1. The number of rotatable bonds is 7. The predicted octanol–water partition coefficient (Wildman–Crippen LogP) is 4.16. The Morgan fingerprint density at radius 3 is 2.53 bits per heavy atom. The van der Waals surface area contributed by atoms with E-state index in [1.807, 2.05) is 0 Å². The van der Waals surface area contributed by atoms with Gasteiger partial charge in [0.05, 0.1) is 24.0 Å². The maximum absolute atomic E-state index is 13.9. The number of hydrogen-bond donors (Lipinski definition) is 1. The molecule has 0 bridgehead atoms. The van der Waals surface area contributed by atoms with Crippen molar-refractivity contribution in [1.82, 2.24) is 19.4 Å². The Hall–Kier alpha value is -3.57. The zero-order valence-electron chi connectivity index (χ0n) is 21.5. The number of hydrogen-bond acceptors (Lipinski definition) is 6. The van der Waals surface area contributed by atoms with Gasteiger partial charge >= 0.3 is 6.03 Å². The summed E-state index contributed by atoms with van der Waals surface area (Å²) in [6.07, 6.45) is 3.12. The number of aromatic nitrogens is 3. The van der Waals surface area contributed by atoms with Crippen LogP contribution in [0.3, 0.4) is 0 Å². The van der Waals surface area contributed by atoms with Gasteiger partial charge in [-0.1, -0.05) is 11.6 Å². The van der Waals surface area contributed by atoms with E-state index < -0.39 is 22.7 Å². The van der Waals surface area contributed by atoms with Gasteiger partial charge in [0.15, 0.2) is 5.82 Å². The van der Waals surface area contributed by atoms with Gasteiger partial charge in [0.2, 0.25) is 0 Å². The molecule has 2 amide bonds. The lowest BCUT2D eigenvalue weighted by molar-refractivity contribution is 0.0765. The SMILES string of the molecule is Cc1cnc(N2CCCN(C(C)(C)CO)C2=O)cc1-n1c(C)cc(OCc2ncc(F)cc2F)c(Cl)c1=O. The molecule has 0 spiro atoms. The number of anilines is 1. The first kappa shape index (κ1) is 27.5. The highest BCUT2D eigenvalue weighted by Crippen LogP contribution is 2.29. The van der Waals surface area contributed by atoms with E-state index in [0.29, 0.717) is 48.3 Å². The molecule has 0 radical (unpaired) electrons. The number of urea groups is 1. The third-order valence-corrected chi connectivity index (χ3v) is 6.82. The molecule has 0 unspecified atom stereocenters. The van der Waals surface area contributed by atoms with E-state index in [4.69, 9.17) is 16.3 Å². The number of carbonyl (C=O) groups is 1. The number of halogens is 3. The van der Waals surface area contributed by atoms with Crippen molar-refractivity contribution in [2.75, 3.05) is 24.6 Å². The third-order valence-electron chi connectivity index (χ3n) is 6.47. The fourth-order valence-corrected chi connectivity index (χ4v) is 4.45. The van der Waals surface area contributed by atoms with Crippen molar-refractivity contribution in [3.05, 3.63) is 74.6 Å². The van der Waals surface area contributed by atoms with Crippen LogP contribution < -0.4 is 15.2 Å². The van der Waals surface area contributed by atoms with E-state index in [0.717, 1.165) is 6.20 Å². The van der Waals surface area contributed by atoms with E-state index in [-0.39, 0.29) is 35.7 Å². The van der Waals surface area contributed by atoms with Crippen molar-refractivity contribution in [2.45, 2.75) is 46.3 Å². The Labute approximate surface area is 223 Å². The van der Waals surface area contributed by atoms with Gasteiger partial charge in [-0.15, -0.1) is 0 Å². The van der Waals surface area contributed by atoms with Crippen LogP contribution in [0.25, 0.3) is 5.69 Å². The first-order valence-corrected chi connectivity index (χ1v) is 12.3. The van der Waals surface area contributed by atoms with Crippen LogP contribution in [0.2, 0.25) is 5.02 Å². The summed E-state index contributed by atoms with van der Waals surface area (Å²) in [5.74, 6) is -1.31. The third kappa shape index (κ3) is 5.21. The lowest BCUT2D eigenvalue weighted by atomic mass is 10.0. The van der Waals surface area contributed by atoms with E-state index in [2.05, 4.69) is 9.97 Å². The molecule has 0 aromatic carbocycles. The summed E-state index contributed by atoms with van der Waals surface area (Å²) in [7, 11) is 0. The lowest BCUT2D eigenvalue weighted by Gasteiger charge is -2.43. The molecular formula is C26H28ClF2N5O4. The summed E-state index contributed by atoms with van der Waals surface area (Å²) in [4.78, 5) is 37.8. The monoisotopic (exact) mass is 547 g/mol.